The molecule has 1 amide bonds. The molecule has 0 spiro atoms. The molecule has 0 unspecified atom stereocenters. The van der Waals surface area contributed by atoms with Crippen molar-refractivity contribution in [1.29, 1.82) is 0 Å². The summed E-state index contributed by atoms with van der Waals surface area (Å²) in [5, 5.41) is 2.15. The Kier molecular flexibility index (Phi) is 5.88. The Morgan fingerprint density at radius 3 is 2.81 bits per heavy atom. The van der Waals surface area contributed by atoms with Crippen molar-refractivity contribution in [2.45, 2.75) is 6.54 Å². The number of pyridine rings is 1. The summed E-state index contributed by atoms with van der Waals surface area (Å²) < 4.78 is 10.9. The van der Waals surface area contributed by atoms with Crippen LogP contribution in [0.1, 0.15) is 15.9 Å². The smallest absolute Gasteiger partial charge is 0.254 e. The number of hydrogen-bond acceptors (Lipinski definition) is 5. The summed E-state index contributed by atoms with van der Waals surface area (Å²) in [5.41, 5.74) is 7.08. The van der Waals surface area contributed by atoms with Gasteiger partial charge in [-0.3, -0.25) is 9.78 Å². The van der Waals surface area contributed by atoms with Gasteiger partial charge in [0, 0.05) is 43.5 Å². The lowest BCUT2D eigenvalue weighted by Crippen LogP contribution is -2.26. The SMILES string of the molecule is COc1cc(C(=O)N(C)Cc2cccc3cnccc23)ccc1OCCN. The summed E-state index contributed by atoms with van der Waals surface area (Å²) in [6.07, 6.45) is 3.59. The predicted octanol–water partition coefficient (Wildman–Crippen LogP) is 2.85. The number of carbonyl (C=O) groups excluding carboxylic acids is 1. The molecule has 0 aliphatic carbocycles. The lowest BCUT2D eigenvalue weighted by Gasteiger charge is -2.19. The monoisotopic (exact) mass is 365 g/mol. The zero-order valence-corrected chi connectivity index (χ0v) is 15.5. The molecule has 6 nitrogen and oxygen atoms in total. The second-order valence-corrected chi connectivity index (χ2v) is 6.18. The van der Waals surface area contributed by atoms with Crippen LogP contribution >= 0.6 is 0 Å². The lowest BCUT2D eigenvalue weighted by atomic mass is 10.1. The normalized spacial score (nSPS) is 10.6. The highest BCUT2D eigenvalue weighted by Gasteiger charge is 2.16. The minimum Gasteiger partial charge on any atom is -0.493 e. The maximum Gasteiger partial charge on any atom is 0.254 e. The molecule has 0 aliphatic heterocycles. The molecule has 0 aliphatic rings. The first kappa shape index (κ1) is 18.7. The number of nitrogens with zero attached hydrogens (tertiary/aromatic N) is 2. The summed E-state index contributed by atoms with van der Waals surface area (Å²) in [7, 11) is 3.33. The van der Waals surface area contributed by atoms with Crippen molar-refractivity contribution in [1.82, 2.24) is 9.88 Å². The van der Waals surface area contributed by atoms with Gasteiger partial charge in [0.25, 0.3) is 5.91 Å². The standard InChI is InChI=1S/C21H23N3O3/c1-24(14-17-5-3-4-16-13-23-10-8-18(16)17)21(25)15-6-7-19(27-11-9-22)20(12-15)26-2/h3-8,10,12-13H,9,11,14,22H2,1-2H3. The average Bonchev–Trinajstić information content (AvgIpc) is 2.71. The van der Waals surface area contributed by atoms with E-state index in [1.807, 2.05) is 30.5 Å². The summed E-state index contributed by atoms with van der Waals surface area (Å²) in [6, 6.07) is 13.1. The first-order valence-corrected chi connectivity index (χ1v) is 8.72. The Morgan fingerprint density at radius 1 is 1.19 bits per heavy atom. The van der Waals surface area contributed by atoms with Gasteiger partial charge < -0.3 is 20.1 Å². The maximum atomic E-state index is 12.9. The lowest BCUT2D eigenvalue weighted by molar-refractivity contribution is 0.0785. The number of amides is 1. The largest absolute Gasteiger partial charge is 0.493 e. The van der Waals surface area contributed by atoms with Crippen LogP contribution in [0, 0.1) is 0 Å². The molecule has 0 radical (unpaired) electrons. The molecular weight excluding hydrogens is 342 g/mol. The van der Waals surface area contributed by atoms with Crippen molar-refractivity contribution in [2.75, 3.05) is 27.3 Å². The second kappa shape index (κ2) is 8.51. The topological polar surface area (TPSA) is 77.7 Å². The molecule has 1 aromatic heterocycles. The average molecular weight is 365 g/mol. The van der Waals surface area contributed by atoms with Crippen LogP contribution in [0.2, 0.25) is 0 Å². The quantitative estimate of drug-likeness (QED) is 0.697. The molecule has 1 heterocycles. The predicted molar refractivity (Wildman–Crippen MR) is 105 cm³/mol. The Bertz CT molecular complexity index is 938. The van der Waals surface area contributed by atoms with Gasteiger partial charge in [-0.05, 0) is 35.2 Å². The van der Waals surface area contributed by atoms with Gasteiger partial charge in [-0.1, -0.05) is 18.2 Å². The van der Waals surface area contributed by atoms with Crippen LogP contribution in [0.25, 0.3) is 10.8 Å². The van der Waals surface area contributed by atoms with Gasteiger partial charge in [0.1, 0.15) is 6.61 Å². The van der Waals surface area contributed by atoms with Gasteiger partial charge in [-0.2, -0.15) is 0 Å². The van der Waals surface area contributed by atoms with Crippen LogP contribution in [-0.2, 0) is 6.54 Å². The van der Waals surface area contributed by atoms with Gasteiger partial charge in [0.05, 0.1) is 7.11 Å². The summed E-state index contributed by atoms with van der Waals surface area (Å²) >= 11 is 0. The Labute approximate surface area is 158 Å². The molecule has 2 aromatic carbocycles. The highest BCUT2D eigenvalue weighted by molar-refractivity contribution is 5.95. The van der Waals surface area contributed by atoms with Crippen molar-refractivity contribution < 1.29 is 14.3 Å². The van der Waals surface area contributed by atoms with Crippen LogP contribution in [-0.4, -0.2) is 43.1 Å². The molecule has 3 aromatic rings. The van der Waals surface area contributed by atoms with Crippen LogP contribution in [0.15, 0.2) is 54.9 Å². The highest BCUT2D eigenvalue weighted by Crippen LogP contribution is 2.29. The van der Waals surface area contributed by atoms with E-state index >= 15 is 0 Å². The molecule has 0 bridgehead atoms. The number of carbonyl (C=O) groups is 1. The number of nitrogens with two attached hydrogens (primary N) is 1. The number of hydrogen-bond donors (Lipinski definition) is 1. The van der Waals surface area contributed by atoms with Crippen molar-refractivity contribution in [3.05, 3.63) is 66.0 Å². The van der Waals surface area contributed by atoms with E-state index in [4.69, 9.17) is 15.2 Å². The van der Waals surface area contributed by atoms with Gasteiger partial charge >= 0.3 is 0 Å². The number of fused-ring (bicyclic) bond motifs is 1. The van der Waals surface area contributed by atoms with E-state index in [1.165, 1.54) is 0 Å². The Balaban J connectivity index is 1.80. The third-order valence-electron chi connectivity index (χ3n) is 4.31. The van der Waals surface area contributed by atoms with Gasteiger partial charge in [-0.15, -0.1) is 0 Å². The van der Waals surface area contributed by atoms with Crippen LogP contribution in [0.3, 0.4) is 0 Å². The number of benzene rings is 2. The summed E-state index contributed by atoms with van der Waals surface area (Å²) in [6.45, 7) is 1.29. The van der Waals surface area contributed by atoms with E-state index in [-0.39, 0.29) is 5.91 Å². The molecule has 2 N–H and O–H groups in total. The second-order valence-electron chi connectivity index (χ2n) is 6.18. The summed E-state index contributed by atoms with van der Waals surface area (Å²) in [5.74, 6) is 0.993. The molecule has 0 fully saturated rings. The first-order valence-electron chi connectivity index (χ1n) is 8.72. The Hall–Kier alpha value is -3.12. The minimum atomic E-state index is -0.0928. The minimum absolute atomic E-state index is 0.0928. The van der Waals surface area contributed by atoms with E-state index < -0.39 is 0 Å². The molecule has 3 rings (SSSR count). The zero-order chi connectivity index (χ0) is 19.2. The fraction of sp³-hybridized carbons (Fsp3) is 0.238. The van der Waals surface area contributed by atoms with Crippen LogP contribution in [0.5, 0.6) is 11.5 Å². The molecular formula is C21H23N3O3. The van der Waals surface area contributed by atoms with E-state index in [9.17, 15) is 4.79 Å². The van der Waals surface area contributed by atoms with E-state index in [0.717, 1.165) is 16.3 Å². The van der Waals surface area contributed by atoms with Crippen molar-refractivity contribution in [3.8, 4) is 11.5 Å². The van der Waals surface area contributed by atoms with Crippen LogP contribution < -0.4 is 15.2 Å². The van der Waals surface area contributed by atoms with Crippen LogP contribution in [0.4, 0.5) is 0 Å². The van der Waals surface area contributed by atoms with Crippen molar-refractivity contribution in [2.24, 2.45) is 5.73 Å². The maximum absolute atomic E-state index is 12.9. The first-order chi connectivity index (χ1) is 13.1. The number of methoxy groups -OCH3 is 1. The van der Waals surface area contributed by atoms with Crippen molar-refractivity contribution >= 4 is 16.7 Å². The highest BCUT2D eigenvalue weighted by atomic mass is 16.5. The molecule has 0 saturated carbocycles. The van der Waals surface area contributed by atoms with E-state index in [1.54, 1.807) is 43.5 Å². The fourth-order valence-electron chi connectivity index (χ4n) is 2.96. The third-order valence-corrected chi connectivity index (χ3v) is 4.31. The molecule has 27 heavy (non-hydrogen) atoms. The number of ether oxygens (including phenoxy) is 2. The zero-order valence-electron chi connectivity index (χ0n) is 15.5. The van der Waals surface area contributed by atoms with Gasteiger partial charge in [-0.25, -0.2) is 0 Å². The number of rotatable bonds is 7. The van der Waals surface area contributed by atoms with Gasteiger partial charge in [0.2, 0.25) is 0 Å². The number of aromatic nitrogens is 1. The van der Waals surface area contributed by atoms with E-state index in [2.05, 4.69) is 4.98 Å². The van der Waals surface area contributed by atoms with Crippen molar-refractivity contribution in [3.63, 3.8) is 0 Å². The molecule has 0 saturated heterocycles. The van der Waals surface area contributed by atoms with Gasteiger partial charge in [0.15, 0.2) is 11.5 Å². The fourth-order valence-corrected chi connectivity index (χ4v) is 2.96. The molecule has 0 atom stereocenters. The Morgan fingerprint density at radius 2 is 2.04 bits per heavy atom. The molecule has 6 heteroatoms. The molecule has 140 valence electrons. The van der Waals surface area contributed by atoms with E-state index in [0.29, 0.717) is 36.8 Å². The third kappa shape index (κ3) is 4.17. The summed E-state index contributed by atoms with van der Waals surface area (Å²) in [4.78, 5) is 18.7.